The van der Waals surface area contributed by atoms with Crippen molar-refractivity contribution < 1.29 is 14.0 Å². The maximum absolute atomic E-state index is 13.4. The molecule has 1 aromatic carbocycles. The molecular weight excluding hydrogens is 378 g/mol. The normalized spacial score (nSPS) is 22.0. The fourth-order valence-corrected chi connectivity index (χ4v) is 4.81. The van der Waals surface area contributed by atoms with Crippen molar-refractivity contribution in [1.82, 2.24) is 15.1 Å². The Balaban J connectivity index is 1.28. The van der Waals surface area contributed by atoms with Gasteiger partial charge in [0.1, 0.15) is 5.76 Å². The molecule has 1 spiro atoms. The van der Waals surface area contributed by atoms with Gasteiger partial charge < -0.3 is 19.5 Å². The van der Waals surface area contributed by atoms with E-state index in [1.165, 1.54) is 11.1 Å². The zero-order valence-corrected chi connectivity index (χ0v) is 17.7. The molecule has 0 saturated carbocycles. The fraction of sp³-hybridized carbons (Fsp3) is 0.500. The fourth-order valence-electron chi connectivity index (χ4n) is 4.81. The molecule has 0 bridgehead atoms. The van der Waals surface area contributed by atoms with Crippen LogP contribution in [0.15, 0.2) is 47.1 Å². The number of carbonyl (C=O) groups excluding carboxylic acids is 2. The first-order valence-corrected chi connectivity index (χ1v) is 10.9. The Morgan fingerprint density at radius 2 is 2.10 bits per heavy atom. The molecule has 0 aliphatic carbocycles. The Morgan fingerprint density at radius 1 is 1.20 bits per heavy atom. The van der Waals surface area contributed by atoms with E-state index in [-0.39, 0.29) is 11.3 Å². The molecule has 0 radical (unpaired) electrons. The van der Waals surface area contributed by atoms with Crippen molar-refractivity contribution >= 4 is 11.8 Å². The van der Waals surface area contributed by atoms with E-state index in [9.17, 15) is 9.59 Å². The molecule has 2 saturated heterocycles. The minimum Gasteiger partial charge on any atom is -0.467 e. The van der Waals surface area contributed by atoms with Crippen molar-refractivity contribution in [3.63, 3.8) is 0 Å². The van der Waals surface area contributed by atoms with Crippen LogP contribution in [0.2, 0.25) is 0 Å². The molecule has 2 aromatic rings. The topological polar surface area (TPSA) is 65.8 Å². The summed E-state index contributed by atoms with van der Waals surface area (Å²) in [5.74, 6) is 1.06. The molecule has 2 aliphatic heterocycles. The SMILES string of the molecule is Cc1cccc(CN2CCC[C@@]3(CCN(CCC(=O)NCc4ccco4)C3)C2=O)c1. The molecule has 1 N–H and O–H groups in total. The van der Waals surface area contributed by atoms with Gasteiger partial charge in [-0.1, -0.05) is 29.8 Å². The highest BCUT2D eigenvalue weighted by atomic mass is 16.3. The average molecular weight is 410 g/mol. The lowest BCUT2D eigenvalue weighted by atomic mass is 9.78. The molecule has 4 rings (SSSR count). The third-order valence-corrected chi connectivity index (χ3v) is 6.41. The van der Waals surface area contributed by atoms with E-state index < -0.39 is 0 Å². The number of nitrogens with zero attached hydrogens (tertiary/aromatic N) is 2. The molecule has 160 valence electrons. The van der Waals surface area contributed by atoms with Crippen LogP contribution in [0, 0.1) is 12.3 Å². The second kappa shape index (κ2) is 9.04. The zero-order valence-electron chi connectivity index (χ0n) is 17.7. The standard InChI is InChI=1S/C24H31N3O3/c1-19-5-2-6-20(15-19)17-27-11-4-9-24(23(27)29)10-13-26(18-24)12-8-22(28)25-16-21-7-3-14-30-21/h2-3,5-7,14-15H,4,8-13,16-18H2,1H3,(H,25,28)/t24-/m0/s1. The number of aryl methyl sites for hydroxylation is 1. The van der Waals surface area contributed by atoms with E-state index in [4.69, 9.17) is 4.42 Å². The summed E-state index contributed by atoms with van der Waals surface area (Å²) < 4.78 is 5.24. The van der Waals surface area contributed by atoms with Crippen LogP contribution >= 0.6 is 0 Å². The molecule has 1 atom stereocenters. The van der Waals surface area contributed by atoms with E-state index in [1.54, 1.807) is 6.26 Å². The van der Waals surface area contributed by atoms with Gasteiger partial charge in [-0.2, -0.15) is 0 Å². The van der Waals surface area contributed by atoms with Crippen LogP contribution in [0.25, 0.3) is 0 Å². The first-order valence-electron chi connectivity index (χ1n) is 10.9. The molecule has 6 nitrogen and oxygen atoms in total. The van der Waals surface area contributed by atoms with Crippen LogP contribution in [-0.2, 0) is 22.7 Å². The van der Waals surface area contributed by atoms with E-state index in [2.05, 4.69) is 41.4 Å². The summed E-state index contributed by atoms with van der Waals surface area (Å²) in [4.78, 5) is 29.8. The predicted molar refractivity (Wildman–Crippen MR) is 114 cm³/mol. The molecule has 6 heteroatoms. The second-order valence-corrected chi connectivity index (χ2v) is 8.73. The number of benzene rings is 1. The maximum atomic E-state index is 13.4. The number of likely N-dealkylation sites (tertiary alicyclic amines) is 2. The lowest BCUT2D eigenvalue weighted by Crippen LogP contribution is -2.49. The number of hydrogen-bond acceptors (Lipinski definition) is 4. The van der Waals surface area contributed by atoms with Gasteiger partial charge in [0.05, 0.1) is 18.2 Å². The van der Waals surface area contributed by atoms with Gasteiger partial charge in [0.2, 0.25) is 11.8 Å². The summed E-state index contributed by atoms with van der Waals surface area (Å²) in [7, 11) is 0. The van der Waals surface area contributed by atoms with Crippen LogP contribution in [-0.4, -0.2) is 47.8 Å². The van der Waals surface area contributed by atoms with Crippen LogP contribution in [0.5, 0.6) is 0 Å². The second-order valence-electron chi connectivity index (χ2n) is 8.73. The number of amides is 2. The van der Waals surface area contributed by atoms with Crippen molar-refractivity contribution in [2.45, 2.75) is 45.7 Å². The number of furan rings is 1. The van der Waals surface area contributed by atoms with Gasteiger partial charge >= 0.3 is 0 Å². The van der Waals surface area contributed by atoms with E-state index in [0.29, 0.717) is 32.0 Å². The van der Waals surface area contributed by atoms with E-state index >= 15 is 0 Å². The summed E-state index contributed by atoms with van der Waals surface area (Å²) in [6.07, 6.45) is 4.95. The molecule has 1 aromatic heterocycles. The van der Waals surface area contributed by atoms with Crippen molar-refractivity contribution in [3.05, 3.63) is 59.5 Å². The first kappa shape index (κ1) is 20.7. The van der Waals surface area contributed by atoms with E-state index in [1.807, 2.05) is 17.0 Å². The summed E-state index contributed by atoms with van der Waals surface area (Å²) in [6.45, 7) is 6.37. The van der Waals surface area contributed by atoms with Crippen LogP contribution in [0.3, 0.4) is 0 Å². The largest absolute Gasteiger partial charge is 0.467 e. The van der Waals surface area contributed by atoms with Gasteiger partial charge in [-0.25, -0.2) is 0 Å². The third kappa shape index (κ3) is 4.75. The highest BCUT2D eigenvalue weighted by Gasteiger charge is 2.48. The minimum absolute atomic E-state index is 0.0170. The summed E-state index contributed by atoms with van der Waals surface area (Å²) >= 11 is 0. The molecule has 0 unspecified atom stereocenters. The third-order valence-electron chi connectivity index (χ3n) is 6.41. The van der Waals surface area contributed by atoms with Gasteiger partial charge in [0.25, 0.3) is 0 Å². The zero-order chi connectivity index (χ0) is 21.0. The molecule has 3 heterocycles. The Kier molecular flexibility index (Phi) is 6.23. The number of carbonyl (C=O) groups is 2. The Hall–Kier alpha value is -2.60. The lowest BCUT2D eigenvalue weighted by molar-refractivity contribution is -0.146. The van der Waals surface area contributed by atoms with Crippen molar-refractivity contribution in [2.75, 3.05) is 26.2 Å². The minimum atomic E-state index is -0.271. The van der Waals surface area contributed by atoms with Gasteiger partial charge in [-0.3, -0.25) is 9.59 Å². The number of hydrogen-bond donors (Lipinski definition) is 1. The Morgan fingerprint density at radius 3 is 2.90 bits per heavy atom. The van der Waals surface area contributed by atoms with Crippen LogP contribution < -0.4 is 5.32 Å². The average Bonchev–Trinajstić information content (AvgIpc) is 3.39. The molecule has 30 heavy (non-hydrogen) atoms. The highest BCUT2D eigenvalue weighted by molar-refractivity contribution is 5.84. The number of piperidine rings is 1. The van der Waals surface area contributed by atoms with Gasteiger partial charge in [-0.05, 0) is 50.4 Å². The van der Waals surface area contributed by atoms with Gasteiger partial charge in [0, 0.05) is 32.6 Å². The Labute approximate surface area is 178 Å². The maximum Gasteiger partial charge on any atom is 0.230 e. The van der Waals surface area contributed by atoms with Gasteiger partial charge in [0.15, 0.2) is 0 Å². The quantitative estimate of drug-likeness (QED) is 0.763. The first-order chi connectivity index (χ1) is 14.5. The Bertz CT molecular complexity index is 880. The van der Waals surface area contributed by atoms with Crippen molar-refractivity contribution in [2.24, 2.45) is 5.41 Å². The number of nitrogens with one attached hydrogen (secondary N) is 1. The highest BCUT2D eigenvalue weighted by Crippen LogP contribution is 2.40. The smallest absolute Gasteiger partial charge is 0.230 e. The van der Waals surface area contributed by atoms with Crippen LogP contribution in [0.4, 0.5) is 0 Å². The molecule has 2 aliphatic rings. The van der Waals surface area contributed by atoms with Crippen molar-refractivity contribution in [1.29, 1.82) is 0 Å². The summed E-state index contributed by atoms with van der Waals surface area (Å²) in [5.41, 5.74) is 2.15. The van der Waals surface area contributed by atoms with Crippen LogP contribution in [0.1, 0.15) is 42.6 Å². The lowest BCUT2D eigenvalue weighted by Gasteiger charge is -2.39. The van der Waals surface area contributed by atoms with Crippen molar-refractivity contribution in [3.8, 4) is 0 Å². The molecule has 2 amide bonds. The number of rotatable bonds is 7. The summed E-state index contributed by atoms with van der Waals surface area (Å²) in [6, 6.07) is 12.1. The monoisotopic (exact) mass is 409 g/mol. The van der Waals surface area contributed by atoms with Gasteiger partial charge in [-0.15, -0.1) is 0 Å². The molecule has 2 fully saturated rings. The van der Waals surface area contributed by atoms with E-state index in [0.717, 1.165) is 44.7 Å². The summed E-state index contributed by atoms with van der Waals surface area (Å²) in [5, 5.41) is 2.89. The molecular formula is C24H31N3O3. The predicted octanol–water partition coefficient (Wildman–Crippen LogP) is 3.11.